The molecule has 1 unspecified atom stereocenters. The van der Waals surface area contributed by atoms with E-state index < -0.39 is 11.7 Å². The number of nitrogens with zero attached hydrogens (tertiary/aromatic N) is 3. The van der Waals surface area contributed by atoms with Crippen LogP contribution >= 0.6 is 0 Å². The number of nitrogens with one attached hydrogen (secondary N) is 2. The molecule has 4 rings (SSSR count). The Morgan fingerprint density at radius 3 is 2.52 bits per heavy atom. The van der Waals surface area contributed by atoms with Gasteiger partial charge in [-0.15, -0.1) is 0 Å². The van der Waals surface area contributed by atoms with Gasteiger partial charge in [-0.3, -0.25) is 4.79 Å². The topological polar surface area (TPSA) is 88.5 Å². The van der Waals surface area contributed by atoms with Crippen LogP contribution in [0, 0.1) is 0 Å². The van der Waals surface area contributed by atoms with Crippen LogP contribution in [0.25, 0.3) is 10.9 Å². The molecule has 2 heterocycles. The van der Waals surface area contributed by atoms with Crippen molar-refractivity contribution in [1.29, 1.82) is 0 Å². The van der Waals surface area contributed by atoms with Gasteiger partial charge in [0.25, 0.3) is 0 Å². The standard InChI is InChI=1S/C25H31N5O3/c1-17(31)28-19-7-9-20(10-8-19)29(22-6-5-13-26-16-22)21-11-12-23-18(14-21)15-27-30(23)24(32)33-25(2,3)4/h7-12,14-15,22,26H,5-6,13,16H2,1-4H3,(H,28,31). The van der Waals surface area contributed by atoms with Crippen molar-refractivity contribution >= 4 is 40.0 Å². The van der Waals surface area contributed by atoms with E-state index in [4.69, 9.17) is 4.74 Å². The number of hydrogen-bond donors (Lipinski definition) is 2. The van der Waals surface area contributed by atoms with Crippen LogP contribution in [0.4, 0.5) is 21.9 Å². The van der Waals surface area contributed by atoms with E-state index in [0.29, 0.717) is 5.52 Å². The van der Waals surface area contributed by atoms with Crippen LogP contribution in [0.15, 0.2) is 48.7 Å². The van der Waals surface area contributed by atoms with Gasteiger partial charge in [-0.25, -0.2) is 4.79 Å². The zero-order valence-electron chi connectivity index (χ0n) is 19.6. The van der Waals surface area contributed by atoms with Crippen molar-refractivity contribution in [3.05, 3.63) is 48.7 Å². The van der Waals surface area contributed by atoms with E-state index in [-0.39, 0.29) is 11.9 Å². The van der Waals surface area contributed by atoms with Crippen LogP contribution in [0.2, 0.25) is 0 Å². The number of anilines is 3. The molecule has 0 saturated carbocycles. The quantitative estimate of drug-likeness (QED) is 0.602. The molecular weight excluding hydrogens is 418 g/mol. The maximum absolute atomic E-state index is 12.6. The molecule has 0 aliphatic carbocycles. The molecule has 1 aromatic heterocycles. The first-order chi connectivity index (χ1) is 15.7. The van der Waals surface area contributed by atoms with E-state index >= 15 is 0 Å². The number of carbonyl (C=O) groups is 2. The summed E-state index contributed by atoms with van der Waals surface area (Å²) in [5.74, 6) is -0.0939. The van der Waals surface area contributed by atoms with Crippen molar-refractivity contribution < 1.29 is 14.3 Å². The number of rotatable bonds is 4. The maximum Gasteiger partial charge on any atom is 0.435 e. The van der Waals surface area contributed by atoms with Gasteiger partial charge in [0.05, 0.1) is 11.7 Å². The Hall–Kier alpha value is -3.39. The predicted octanol–water partition coefficient (Wildman–Crippen LogP) is 4.67. The molecule has 2 aromatic carbocycles. The van der Waals surface area contributed by atoms with Gasteiger partial charge in [0.1, 0.15) is 5.60 Å². The summed E-state index contributed by atoms with van der Waals surface area (Å²) in [4.78, 5) is 26.3. The van der Waals surface area contributed by atoms with Gasteiger partial charge >= 0.3 is 6.09 Å². The van der Waals surface area contributed by atoms with Gasteiger partial charge in [-0.05, 0) is 82.6 Å². The first-order valence-electron chi connectivity index (χ1n) is 11.3. The fourth-order valence-electron chi connectivity index (χ4n) is 4.15. The van der Waals surface area contributed by atoms with Gasteiger partial charge in [-0.1, -0.05) is 0 Å². The lowest BCUT2D eigenvalue weighted by Gasteiger charge is -2.36. The maximum atomic E-state index is 12.6. The molecule has 1 aliphatic heterocycles. The second kappa shape index (κ2) is 9.23. The molecule has 3 aromatic rings. The van der Waals surface area contributed by atoms with Gasteiger partial charge in [0, 0.05) is 42.0 Å². The minimum atomic E-state index is -0.594. The van der Waals surface area contributed by atoms with E-state index in [9.17, 15) is 9.59 Å². The second-order valence-electron chi connectivity index (χ2n) is 9.38. The molecule has 1 atom stereocenters. The van der Waals surface area contributed by atoms with E-state index in [2.05, 4.69) is 26.7 Å². The minimum Gasteiger partial charge on any atom is -0.442 e. The molecule has 1 saturated heterocycles. The van der Waals surface area contributed by atoms with Crippen LogP contribution in [-0.2, 0) is 9.53 Å². The Bertz CT molecular complexity index is 1140. The number of amides is 1. The number of aromatic nitrogens is 2. The summed E-state index contributed by atoms with van der Waals surface area (Å²) in [6.45, 7) is 8.91. The highest BCUT2D eigenvalue weighted by atomic mass is 16.6. The summed E-state index contributed by atoms with van der Waals surface area (Å²) in [7, 11) is 0. The molecular formula is C25H31N5O3. The summed E-state index contributed by atoms with van der Waals surface area (Å²) >= 11 is 0. The Labute approximate surface area is 193 Å². The lowest BCUT2D eigenvalue weighted by atomic mass is 10.0. The first kappa shape index (κ1) is 22.8. The van der Waals surface area contributed by atoms with Crippen LogP contribution in [0.3, 0.4) is 0 Å². The van der Waals surface area contributed by atoms with Crippen LogP contribution in [-0.4, -0.2) is 46.5 Å². The number of carbonyl (C=O) groups excluding carboxylic acids is 2. The molecule has 1 aliphatic rings. The zero-order valence-corrected chi connectivity index (χ0v) is 19.6. The van der Waals surface area contributed by atoms with Crippen LogP contribution in [0.1, 0.15) is 40.5 Å². The van der Waals surface area contributed by atoms with Gasteiger partial charge in [0.2, 0.25) is 5.91 Å². The normalized spacial score (nSPS) is 16.4. The molecule has 0 bridgehead atoms. The largest absolute Gasteiger partial charge is 0.442 e. The molecule has 8 heteroatoms. The van der Waals surface area contributed by atoms with Crippen molar-refractivity contribution in [3.63, 3.8) is 0 Å². The molecule has 1 amide bonds. The summed E-state index contributed by atoms with van der Waals surface area (Å²) in [5.41, 5.74) is 2.94. The SMILES string of the molecule is CC(=O)Nc1ccc(N(c2ccc3c(cnn3C(=O)OC(C)(C)C)c2)C2CCCNC2)cc1. The average Bonchev–Trinajstić information content (AvgIpc) is 3.18. The third-order valence-electron chi connectivity index (χ3n) is 5.50. The number of hydrogen-bond acceptors (Lipinski definition) is 6. The number of ether oxygens (including phenoxy) is 1. The molecule has 1 fully saturated rings. The number of fused-ring (bicyclic) bond motifs is 1. The minimum absolute atomic E-state index is 0.0939. The summed E-state index contributed by atoms with van der Waals surface area (Å²) in [6.07, 6.45) is 3.37. The second-order valence-corrected chi connectivity index (χ2v) is 9.38. The zero-order chi connectivity index (χ0) is 23.6. The Morgan fingerprint density at radius 2 is 1.88 bits per heavy atom. The number of piperidine rings is 1. The Morgan fingerprint density at radius 1 is 1.15 bits per heavy atom. The Balaban J connectivity index is 1.69. The lowest BCUT2D eigenvalue weighted by molar-refractivity contribution is -0.114. The predicted molar refractivity (Wildman–Crippen MR) is 130 cm³/mol. The number of benzene rings is 2. The molecule has 0 radical (unpaired) electrons. The first-order valence-corrected chi connectivity index (χ1v) is 11.3. The van der Waals surface area contributed by atoms with Gasteiger partial charge in [-0.2, -0.15) is 9.78 Å². The Kier molecular flexibility index (Phi) is 6.37. The highest BCUT2D eigenvalue weighted by Crippen LogP contribution is 2.33. The van der Waals surface area contributed by atoms with Crippen LogP contribution in [0.5, 0.6) is 0 Å². The fourth-order valence-corrected chi connectivity index (χ4v) is 4.15. The summed E-state index contributed by atoms with van der Waals surface area (Å²) in [6, 6.07) is 14.1. The van der Waals surface area contributed by atoms with Gasteiger partial charge < -0.3 is 20.3 Å². The third kappa shape index (κ3) is 5.34. The monoisotopic (exact) mass is 449 g/mol. The van der Waals surface area contributed by atoms with Crippen molar-refractivity contribution in [3.8, 4) is 0 Å². The summed E-state index contributed by atoms with van der Waals surface area (Å²) < 4.78 is 6.79. The van der Waals surface area contributed by atoms with E-state index in [1.807, 2.05) is 57.2 Å². The molecule has 174 valence electrons. The summed E-state index contributed by atoms with van der Waals surface area (Å²) in [5, 5.41) is 11.5. The van der Waals surface area contributed by atoms with E-state index in [1.54, 1.807) is 6.20 Å². The van der Waals surface area contributed by atoms with Gasteiger partial charge in [0.15, 0.2) is 0 Å². The highest BCUT2D eigenvalue weighted by Gasteiger charge is 2.25. The average molecular weight is 450 g/mol. The molecule has 8 nitrogen and oxygen atoms in total. The molecule has 0 spiro atoms. The fraction of sp³-hybridized carbons (Fsp3) is 0.400. The van der Waals surface area contributed by atoms with Crippen molar-refractivity contribution in [1.82, 2.24) is 15.1 Å². The van der Waals surface area contributed by atoms with E-state index in [1.165, 1.54) is 11.6 Å². The van der Waals surface area contributed by atoms with Crippen LogP contribution < -0.4 is 15.5 Å². The molecule has 33 heavy (non-hydrogen) atoms. The van der Waals surface area contributed by atoms with Crippen molar-refractivity contribution in [2.75, 3.05) is 23.3 Å². The smallest absolute Gasteiger partial charge is 0.435 e. The lowest BCUT2D eigenvalue weighted by Crippen LogP contribution is -2.43. The highest BCUT2D eigenvalue weighted by molar-refractivity contribution is 5.91. The van der Waals surface area contributed by atoms with Crippen molar-refractivity contribution in [2.24, 2.45) is 0 Å². The van der Waals surface area contributed by atoms with E-state index in [0.717, 1.165) is 48.4 Å². The molecule has 2 N–H and O–H groups in total. The third-order valence-corrected chi connectivity index (χ3v) is 5.50. The van der Waals surface area contributed by atoms with Crippen molar-refractivity contribution in [2.45, 2.75) is 52.2 Å².